The molecule has 1 atom stereocenters. The Morgan fingerprint density at radius 2 is 1.48 bits per heavy atom. The number of amidine groups is 2. The quantitative estimate of drug-likeness (QED) is 0.214. The zero-order chi connectivity index (χ0) is 30.4. The number of hydrogen-bond acceptors (Lipinski definition) is 8. The first-order valence-corrected chi connectivity index (χ1v) is 14.4. The number of benzene rings is 4. The van der Waals surface area contributed by atoms with Gasteiger partial charge < -0.3 is 24.4 Å². The number of rotatable bonds is 6. The third kappa shape index (κ3) is 4.53. The highest BCUT2D eigenvalue weighted by molar-refractivity contribution is 6.51. The summed E-state index contributed by atoms with van der Waals surface area (Å²) in [6, 6.07) is 29.1. The summed E-state index contributed by atoms with van der Waals surface area (Å²) in [6.07, 6.45) is 0. The molecule has 220 valence electrons. The first kappa shape index (κ1) is 27.5. The van der Waals surface area contributed by atoms with Gasteiger partial charge in [0.2, 0.25) is 5.75 Å². The van der Waals surface area contributed by atoms with Crippen LogP contribution in [0, 0.1) is 6.92 Å². The number of para-hydroxylation sites is 3. The first-order valence-electron chi connectivity index (χ1n) is 14.0. The summed E-state index contributed by atoms with van der Waals surface area (Å²) in [5.41, 5.74) is 6.15. The fraction of sp³-hybridized carbons (Fsp3) is 0.147. The maximum atomic E-state index is 6.20. The van der Waals surface area contributed by atoms with Crippen molar-refractivity contribution in [1.82, 2.24) is 9.78 Å². The molecule has 0 bridgehead atoms. The van der Waals surface area contributed by atoms with Gasteiger partial charge in [0.05, 0.1) is 50.1 Å². The Balaban J connectivity index is 1.52. The van der Waals surface area contributed by atoms with Crippen molar-refractivity contribution in [1.29, 1.82) is 0 Å². The molecular formula is C34H29ClN6O3. The Kier molecular flexibility index (Phi) is 6.94. The highest BCUT2D eigenvalue weighted by atomic mass is 35.5. The molecule has 10 heteroatoms. The van der Waals surface area contributed by atoms with Crippen LogP contribution in [0.1, 0.15) is 22.9 Å². The highest BCUT2D eigenvalue weighted by Gasteiger charge is 2.42. The van der Waals surface area contributed by atoms with E-state index in [1.807, 2.05) is 96.5 Å². The van der Waals surface area contributed by atoms with E-state index >= 15 is 0 Å². The van der Waals surface area contributed by atoms with Crippen LogP contribution in [0.4, 0.5) is 22.9 Å². The summed E-state index contributed by atoms with van der Waals surface area (Å²) in [7, 11) is 4.84. The molecule has 2 aliphatic heterocycles. The molecule has 0 aliphatic carbocycles. The summed E-state index contributed by atoms with van der Waals surface area (Å²) in [6.45, 7) is 2.01. The number of aryl methyl sites for hydroxylation is 1. The molecule has 2 aliphatic rings. The van der Waals surface area contributed by atoms with Crippen LogP contribution in [0.25, 0.3) is 5.69 Å². The Hall–Kier alpha value is -5.28. The molecule has 1 N–H and O–H groups in total. The van der Waals surface area contributed by atoms with E-state index in [0.717, 1.165) is 39.6 Å². The number of aromatic nitrogens is 2. The number of nitrogens with zero attached hydrogens (tertiary/aromatic N) is 5. The molecule has 0 unspecified atom stereocenters. The number of hydrogen-bond donors (Lipinski definition) is 1. The van der Waals surface area contributed by atoms with Gasteiger partial charge in [-0.3, -0.25) is 0 Å². The van der Waals surface area contributed by atoms with Crippen molar-refractivity contribution in [2.75, 3.05) is 31.5 Å². The predicted molar refractivity (Wildman–Crippen MR) is 174 cm³/mol. The Morgan fingerprint density at radius 3 is 2.16 bits per heavy atom. The van der Waals surface area contributed by atoms with Gasteiger partial charge in [-0.1, -0.05) is 41.9 Å². The summed E-state index contributed by atoms with van der Waals surface area (Å²) < 4.78 is 19.2. The van der Waals surface area contributed by atoms with Crippen LogP contribution in [0.5, 0.6) is 17.2 Å². The lowest BCUT2D eigenvalue weighted by Gasteiger charge is -2.40. The van der Waals surface area contributed by atoms with Crippen molar-refractivity contribution in [3.8, 4) is 22.9 Å². The third-order valence-electron chi connectivity index (χ3n) is 7.75. The highest BCUT2D eigenvalue weighted by Crippen LogP contribution is 2.50. The fourth-order valence-electron chi connectivity index (χ4n) is 5.79. The molecule has 0 saturated carbocycles. The number of anilines is 2. The average Bonchev–Trinajstić information content (AvgIpc) is 3.40. The third-order valence-corrected chi connectivity index (χ3v) is 8.00. The largest absolute Gasteiger partial charge is 0.493 e. The van der Waals surface area contributed by atoms with E-state index in [-0.39, 0.29) is 6.04 Å². The second kappa shape index (κ2) is 11.1. The summed E-state index contributed by atoms with van der Waals surface area (Å²) >= 11 is 6.20. The molecule has 4 aromatic carbocycles. The lowest BCUT2D eigenvalue weighted by Crippen LogP contribution is -2.46. The SMILES string of the molecule is COc1cc([C@H]2c3c(C)nn(-c4ccccc4)c3N=C3C(Nc4ccc(Cl)cc4)=Nc4ccccc4N32)cc(OC)c1OC. The van der Waals surface area contributed by atoms with Gasteiger partial charge in [-0.15, -0.1) is 0 Å². The van der Waals surface area contributed by atoms with Crippen LogP contribution in [0.2, 0.25) is 5.02 Å². The van der Waals surface area contributed by atoms with Crippen molar-refractivity contribution in [2.45, 2.75) is 13.0 Å². The Bertz CT molecular complexity index is 1910. The maximum absolute atomic E-state index is 6.20. The maximum Gasteiger partial charge on any atom is 0.203 e. The van der Waals surface area contributed by atoms with Gasteiger partial charge in [0.25, 0.3) is 0 Å². The van der Waals surface area contributed by atoms with Crippen LogP contribution >= 0.6 is 11.6 Å². The summed E-state index contributed by atoms with van der Waals surface area (Å²) in [5.74, 6) is 3.57. The normalized spacial score (nSPS) is 14.9. The topological polar surface area (TPSA) is 85.5 Å². The van der Waals surface area contributed by atoms with Crippen LogP contribution in [-0.2, 0) is 0 Å². The molecule has 0 fully saturated rings. The van der Waals surface area contributed by atoms with Gasteiger partial charge in [0, 0.05) is 16.3 Å². The molecule has 0 radical (unpaired) electrons. The molecule has 7 rings (SSSR count). The summed E-state index contributed by atoms with van der Waals surface area (Å²) in [5, 5.41) is 9.16. The van der Waals surface area contributed by atoms with E-state index in [0.29, 0.717) is 39.8 Å². The Morgan fingerprint density at radius 1 is 0.795 bits per heavy atom. The van der Waals surface area contributed by atoms with E-state index in [4.69, 9.17) is 40.9 Å². The van der Waals surface area contributed by atoms with Crippen molar-refractivity contribution in [3.05, 3.63) is 113 Å². The van der Waals surface area contributed by atoms with E-state index in [9.17, 15) is 0 Å². The van der Waals surface area contributed by atoms with Gasteiger partial charge in [-0.05, 0) is 73.2 Å². The molecule has 0 saturated heterocycles. The van der Waals surface area contributed by atoms with Crippen molar-refractivity contribution >= 4 is 46.2 Å². The van der Waals surface area contributed by atoms with Gasteiger partial charge in [0.1, 0.15) is 0 Å². The second-order valence-corrected chi connectivity index (χ2v) is 10.8. The molecule has 9 nitrogen and oxygen atoms in total. The van der Waals surface area contributed by atoms with E-state index < -0.39 is 0 Å². The van der Waals surface area contributed by atoms with Crippen molar-refractivity contribution in [3.63, 3.8) is 0 Å². The predicted octanol–water partition coefficient (Wildman–Crippen LogP) is 7.66. The molecule has 0 spiro atoms. The minimum absolute atomic E-state index is 0.373. The van der Waals surface area contributed by atoms with Gasteiger partial charge in [-0.2, -0.15) is 5.10 Å². The monoisotopic (exact) mass is 604 g/mol. The number of fused-ring (bicyclic) bond motifs is 4. The number of halogens is 1. The summed E-state index contributed by atoms with van der Waals surface area (Å²) in [4.78, 5) is 12.5. The standard InChI is InChI=1S/C34H29ClN6O3/c1-20-29-30(21-18-27(42-2)31(44-4)28(19-21)43-3)40-26-13-9-8-12-25(26)37-32(36-23-16-14-22(35)15-17-23)34(40)38-33(29)41(39-20)24-10-6-5-7-11-24/h5-19,30H,1-4H3,(H,36,37)/t30-/m0/s1. The van der Waals surface area contributed by atoms with Gasteiger partial charge in [-0.25, -0.2) is 14.7 Å². The van der Waals surface area contributed by atoms with Crippen LogP contribution in [-0.4, -0.2) is 42.8 Å². The first-order chi connectivity index (χ1) is 21.5. The lowest BCUT2D eigenvalue weighted by molar-refractivity contribution is 0.323. The van der Waals surface area contributed by atoms with Crippen molar-refractivity contribution < 1.29 is 14.2 Å². The van der Waals surface area contributed by atoms with Gasteiger partial charge >= 0.3 is 0 Å². The molecule has 0 amide bonds. The Labute approximate surface area is 260 Å². The lowest BCUT2D eigenvalue weighted by atomic mass is 9.92. The van der Waals surface area contributed by atoms with E-state index in [2.05, 4.69) is 16.3 Å². The van der Waals surface area contributed by atoms with Crippen LogP contribution in [0.3, 0.4) is 0 Å². The van der Waals surface area contributed by atoms with Crippen LogP contribution < -0.4 is 24.4 Å². The van der Waals surface area contributed by atoms with Crippen LogP contribution in [0.15, 0.2) is 101 Å². The van der Waals surface area contributed by atoms with E-state index in [1.54, 1.807) is 21.3 Å². The number of ether oxygens (including phenoxy) is 3. The molecule has 5 aromatic rings. The zero-order valence-corrected chi connectivity index (χ0v) is 25.3. The average molecular weight is 605 g/mol. The fourth-order valence-corrected chi connectivity index (χ4v) is 5.92. The second-order valence-electron chi connectivity index (χ2n) is 10.3. The number of aliphatic imine (C=N–C) groups is 2. The smallest absolute Gasteiger partial charge is 0.203 e. The minimum atomic E-state index is -0.373. The minimum Gasteiger partial charge on any atom is -0.493 e. The number of methoxy groups -OCH3 is 3. The molecular weight excluding hydrogens is 576 g/mol. The van der Waals surface area contributed by atoms with Gasteiger partial charge in [0.15, 0.2) is 29.0 Å². The molecule has 1 aromatic heterocycles. The number of nitrogens with one attached hydrogen (secondary N) is 1. The molecule has 44 heavy (non-hydrogen) atoms. The van der Waals surface area contributed by atoms with E-state index in [1.165, 1.54) is 0 Å². The zero-order valence-electron chi connectivity index (χ0n) is 24.6. The van der Waals surface area contributed by atoms with Crippen molar-refractivity contribution in [2.24, 2.45) is 9.98 Å². The molecule has 3 heterocycles.